The summed E-state index contributed by atoms with van der Waals surface area (Å²) >= 11 is 2.41. The zero-order valence-corrected chi connectivity index (χ0v) is 19.7. The highest BCUT2D eigenvalue weighted by atomic mass is 32.2. The van der Waals surface area contributed by atoms with Gasteiger partial charge in [-0.2, -0.15) is 0 Å². The van der Waals surface area contributed by atoms with Crippen LogP contribution in [-0.2, 0) is 26.5 Å². The number of methoxy groups -OCH3 is 2. The first-order valence-corrected chi connectivity index (χ1v) is 11.6. The van der Waals surface area contributed by atoms with Crippen molar-refractivity contribution in [2.24, 2.45) is 5.92 Å². The number of rotatable bonds is 8. The molecule has 1 fully saturated rings. The third-order valence-corrected chi connectivity index (χ3v) is 6.71. The molecule has 0 aliphatic carbocycles. The van der Waals surface area contributed by atoms with Crippen molar-refractivity contribution in [3.8, 4) is 0 Å². The van der Waals surface area contributed by atoms with Crippen LogP contribution in [0.15, 0.2) is 5.16 Å². The number of anilines is 2. The van der Waals surface area contributed by atoms with Gasteiger partial charge in [-0.15, -0.1) is 21.5 Å². The Hall–Kier alpha value is -2.31. The highest BCUT2D eigenvalue weighted by Crippen LogP contribution is 2.37. The molecule has 0 radical (unpaired) electrons. The fraction of sp³-hybridized carbons (Fsp3) is 0.579. The van der Waals surface area contributed by atoms with E-state index in [9.17, 15) is 9.59 Å². The second-order valence-electron chi connectivity index (χ2n) is 7.31. The molecule has 0 bridgehead atoms. The molecule has 2 aromatic heterocycles. The van der Waals surface area contributed by atoms with Crippen LogP contribution in [0.3, 0.4) is 0 Å². The first kappa shape index (κ1) is 23.4. The van der Waals surface area contributed by atoms with E-state index in [4.69, 9.17) is 19.9 Å². The van der Waals surface area contributed by atoms with Gasteiger partial charge in [-0.05, 0) is 5.92 Å². The molecule has 0 saturated carbocycles. The Bertz CT molecular complexity index is 937. The lowest BCUT2D eigenvalue weighted by Crippen LogP contribution is -2.38. The first-order chi connectivity index (χ1) is 14.9. The van der Waals surface area contributed by atoms with Crippen molar-refractivity contribution in [1.29, 1.82) is 0 Å². The maximum atomic E-state index is 12.3. The lowest BCUT2D eigenvalue weighted by atomic mass is 10.1. The molecule has 12 heteroatoms. The SMILES string of the molecule is COC(=O)c1sc(N)c(C(=O)OC)c1CSc1nnc(N2CCOCC2)n1CC(C)C. The van der Waals surface area contributed by atoms with Crippen LogP contribution in [0.2, 0.25) is 0 Å². The van der Waals surface area contributed by atoms with Crippen LogP contribution in [0.25, 0.3) is 0 Å². The van der Waals surface area contributed by atoms with Crippen LogP contribution in [0.5, 0.6) is 0 Å². The largest absolute Gasteiger partial charge is 0.465 e. The summed E-state index contributed by atoms with van der Waals surface area (Å²) in [6.45, 7) is 7.79. The molecule has 10 nitrogen and oxygen atoms in total. The molecule has 1 saturated heterocycles. The van der Waals surface area contributed by atoms with Crippen molar-refractivity contribution in [3.05, 3.63) is 16.0 Å². The van der Waals surface area contributed by atoms with Crippen LogP contribution in [-0.4, -0.2) is 67.2 Å². The van der Waals surface area contributed by atoms with Gasteiger partial charge in [0, 0.05) is 31.0 Å². The van der Waals surface area contributed by atoms with E-state index in [1.165, 1.54) is 26.0 Å². The van der Waals surface area contributed by atoms with Crippen molar-refractivity contribution in [3.63, 3.8) is 0 Å². The van der Waals surface area contributed by atoms with Crippen molar-refractivity contribution in [2.45, 2.75) is 31.3 Å². The summed E-state index contributed by atoms with van der Waals surface area (Å²) in [6, 6.07) is 0. The van der Waals surface area contributed by atoms with E-state index in [-0.39, 0.29) is 15.4 Å². The van der Waals surface area contributed by atoms with Gasteiger partial charge >= 0.3 is 11.9 Å². The number of aromatic nitrogens is 3. The van der Waals surface area contributed by atoms with E-state index in [1.807, 2.05) is 0 Å². The second-order valence-corrected chi connectivity index (χ2v) is 9.30. The van der Waals surface area contributed by atoms with E-state index in [0.29, 0.717) is 35.6 Å². The van der Waals surface area contributed by atoms with Gasteiger partial charge in [0.1, 0.15) is 9.88 Å². The number of nitrogen functional groups attached to an aromatic ring is 1. The lowest BCUT2D eigenvalue weighted by molar-refractivity contribution is 0.0601. The summed E-state index contributed by atoms with van der Waals surface area (Å²) < 4.78 is 17.3. The quantitative estimate of drug-likeness (QED) is 0.455. The minimum absolute atomic E-state index is 0.198. The minimum Gasteiger partial charge on any atom is -0.465 e. The van der Waals surface area contributed by atoms with Crippen molar-refractivity contribution < 1.29 is 23.8 Å². The van der Waals surface area contributed by atoms with Gasteiger partial charge in [-0.25, -0.2) is 9.59 Å². The smallest absolute Gasteiger partial charge is 0.348 e. The molecule has 0 unspecified atom stereocenters. The maximum Gasteiger partial charge on any atom is 0.348 e. The molecular weight excluding hydrogens is 442 g/mol. The average molecular weight is 470 g/mol. The highest BCUT2D eigenvalue weighted by molar-refractivity contribution is 7.98. The summed E-state index contributed by atoms with van der Waals surface area (Å²) in [5.41, 5.74) is 6.71. The van der Waals surface area contributed by atoms with Crippen LogP contribution in [0.1, 0.15) is 39.4 Å². The third kappa shape index (κ3) is 5.13. The van der Waals surface area contributed by atoms with Crippen LogP contribution in [0, 0.1) is 5.92 Å². The molecule has 170 valence electrons. The maximum absolute atomic E-state index is 12.3. The van der Waals surface area contributed by atoms with Gasteiger partial charge in [-0.3, -0.25) is 4.57 Å². The fourth-order valence-electron chi connectivity index (χ4n) is 3.25. The Morgan fingerprint density at radius 3 is 2.48 bits per heavy atom. The second kappa shape index (κ2) is 10.3. The van der Waals surface area contributed by atoms with E-state index in [1.54, 1.807) is 0 Å². The number of ether oxygens (including phenoxy) is 3. The summed E-state index contributed by atoms with van der Waals surface area (Å²) in [5, 5.41) is 9.73. The van der Waals surface area contributed by atoms with Gasteiger partial charge in [0.25, 0.3) is 0 Å². The van der Waals surface area contributed by atoms with Gasteiger partial charge < -0.3 is 24.8 Å². The molecular formula is C19H27N5O5S2. The number of carbonyl (C=O) groups is 2. The van der Waals surface area contributed by atoms with Crippen molar-refractivity contribution in [1.82, 2.24) is 14.8 Å². The Balaban J connectivity index is 1.92. The molecule has 1 aliphatic heterocycles. The number of esters is 2. The Labute approximate surface area is 189 Å². The molecule has 2 N–H and O–H groups in total. The number of hydrogen-bond donors (Lipinski definition) is 1. The standard InChI is InChI=1S/C19H27N5O5S2/c1-11(2)9-24-18(23-5-7-29-8-6-23)21-22-19(24)30-10-12-13(16(25)27-3)15(20)31-14(12)17(26)28-4/h11H,5-10,20H2,1-4H3. The van der Waals surface area contributed by atoms with Gasteiger partial charge in [-0.1, -0.05) is 25.6 Å². The molecule has 2 aromatic rings. The summed E-state index contributed by atoms with van der Waals surface area (Å²) in [7, 11) is 2.57. The summed E-state index contributed by atoms with van der Waals surface area (Å²) in [4.78, 5) is 27.0. The normalized spacial score (nSPS) is 14.2. The first-order valence-electron chi connectivity index (χ1n) is 9.83. The lowest BCUT2D eigenvalue weighted by Gasteiger charge is -2.28. The summed E-state index contributed by atoms with van der Waals surface area (Å²) in [6.07, 6.45) is 0. The van der Waals surface area contributed by atoms with E-state index >= 15 is 0 Å². The van der Waals surface area contributed by atoms with Crippen LogP contribution < -0.4 is 10.6 Å². The molecule has 31 heavy (non-hydrogen) atoms. The van der Waals surface area contributed by atoms with Crippen LogP contribution >= 0.6 is 23.1 Å². The number of thioether (sulfide) groups is 1. The Morgan fingerprint density at radius 1 is 1.19 bits per heavy atom. The van der Waals surface area contributed by atoms with E-state index in [0.717, 1.165) is 36.9 Å². The summed E-state index contributed by atoms with van der Waals surface area (Å²) in [5.74, 6) is 0.341. The number of carbonyl (C=O) groups excluding carboxylic acids is 2. The molecule has 0 atom stereocenters. The van der Waals surface area contributed by atoms with E-state index < -0.39 is 11.9 Å². The zero-order chi connectivity index (χ0) is 22.5. The molecule has 1 aliphatic rings. The molecule has 0 spiro atoms. The molecule has 3 heterocycles. The van der Waals surface area contributed by atoms with Crippen LogP contribution in [0.4, 0.5) is 10.9 Å². The van der Waals surface area contributed by atoms with E-state index in [2.05, 4.69) is 33.5 Å². The van der Waals surface area contributed by atoms with Gasteiger partial charge in [0.05, 0.1) is 33.0 Å². The Morgan fingerprint density at radius 2 is 1.87 bits per heavy atom. The molecule has 0 amide bonds. The number of hydrogen-bond acceptors (Lipinski definition) is 11. The molecule has 0 aromatic carbocycles. The number of thiophene rings is 1. The number of nitrogens with zero attached hydrogens (tertiary/aromatic N) is 4. The predicted octanol–water partition coefficient (Wildman–Crippen LogP) is 2.28. The average Bonchev–Trinajstić information content (AvgIpc) is 3.31. The number of nitrogens with two attached hydrogens (primary N) is 1. The monoisotopic (exact) mass is 469 g/mol. The molecule has 3 rings (SSSR count). The Kier molecular flexibility index (Phi) is 7.79. The van der Waals surface area contributed by atoms with Crippen molar-refractivity contribution in [2.75, 3.05) is 51.2 Å². The highest BCUT2D eigenvalue weighted by Gasteiger charge is 2.28. The van der Waals surface area contributed by atoms with Gasteiger partial charge in [0.2, 0.25) is 5.95 Å². The van der Waals surface area contributed by atoms with Gasteiger partial charge in [0.15, 0.2) is 5.16 Å². The predicted molar refractivity (Wildman–Crippen MR) is 119 cm³/mol. The minimum atomic E-state index is -0.586. The zero-order valence-electron chi connectivity index (χ0n) is 18.0. The number of morpholine rings is 1. The topological polar surface area (TPSA) is 122 Å². The fourth-order valence-corrected chi connectivity index (χ4v) is 5.31. The van der Waals surface area contributed by atoms with Crippen molar-refractivity contribution >= 4 is 46.0 Å². The third-order valence-electron chi connectivity index (χ3n) is 4.68.